The number of halogens is 1. The lowest BCUT2D eigenvalue weighted by Crippen LogP contribution is -2.09. The summed E-state index contributed by atoms with van der Waals surface area (Å²) in [6.07, 6.45) is 0.772. The largest absolute Gasteiger partial charge is 0.360 e. The van der Waals surface area contributed by atoms with Crippen LogP contribution in [0, 0.1) is 0 Å². The van der Waals surface area contributed by atoms with Crippen LogP contribution in [-0.2, 0) is 6.42 Å². The molecule has 2 aromatic rings. The van der Waals surface area contributed by atoms with Gasteiger partial charge in [-0.15, -0.1) is 0 Å². The molecule has 3 nitrogen and oxygen atoms in total. The van der Waals surface area contributed by atoms with Crippen LogP contribution in [0.4, 0.5) is 5.82 Å². The number of aromatic nitrogens is 2. The van der Waals surface area contributed by atoms with Crippen molar-refractivity contribution in [2.45, 2.75) is 6.42 Å². The quantitative estimate of drug-likeness (QED) is 0.887. The van der Waals surface area contributed by atoms with E-state index in [-0.39, 0.29) is 0 Å². The Bertz CT molecular complexity index is 462. The van der Waals surface area contributed by atoms with Gasteiger partial charge in [0.2, 0.25) is 0 Å². The number of H-pyrrole nitrogens is 1. The van der Waals surface area contributed by atoms with Gasteiger partial charge in [0.25, 0.3) is 0 Å². The summed E-state index contributed by atoms with van der Waals surface area (Å²) in [7, 11) is 3.85. The van der Waals surface area contributed by atoms with Crippen molar-refractivity contribution in [1.29, 1.82) is 0 Å². The van der Waals surface area contributed by atoms with Gasteiger partial charge in [-0.2, -0.15) is 0 Å². The molecule has 0 saturated carbocycles. The van der Waals surface area contributed by atoms with Crippen LogP contribution in [0.2, 0.25) is 5.15 Å². The summed E-state index contributed by atoms with van der Waals surface area (Å²) in [5.74, 6) is 1.67. The summed E-state index contributed by atoms with van der Waals surface area (Å²) in [5, 5.41) is 0.593. The SMILES string of the molecule is CN(C)c1nc(Cc2ccccc2)[nH]c1Cl. The highest BCUT2D eigenvalue weighted by Crippen LogP contribution is 2.21. The molecule has 0 aliphatic rings. The van der Waals surface area contributed by atoms with Crippen LogP contribution in [0.3, 0.4) is 0 Å². The Morgan fingerprint density at radius 2 is 1.94 bits per heavy atom. The summed E-state index contributed by atoms with van der Waals surface area (Å²) in [4.78, 5) is 9.43. The van der Waals surface area contributed by atoms with Gasteiger partial charge in [-0.25, -0.2) is 4.98 Å². The van der Waals surface area contributed by atoms with Gasteiger partial charge in [-0.1, -0.05) is 41.9 Å². The smallest absolute Gasteiger partial charge is 0.165 e. The minimum absolute atomic E-state index is 0.593. The molecule has 4 heteroatoms. The Labute approximate surface area is 100 Å². The molecule has 0 fully saturated rings. The summed E-state index contributed by atoms with van der Waals surface area (Å²) in [5.41, 5.74) is 1.22. The summed E-state index contributed by atoms with van der Waals surface area (Å²) < 4.78 is 0. The van der Waals surface area contributed by atoms with E-state index in [0.717, 1.165) is 18.1 Å². The van der Waals surface area contributed by atoms with Crippen LogP contribution in [0.15, 0.2) is 30.3 Å². The first-order valence-corrected chi connectivity index (χ1v) is 5.50. The highest BCUT2D eigenvalue weighted by molar-refractivity contribution is 6.31. The second kappa shape index (κ2) is 4.58. The molecule has 0 aliphatic carbocycles. The van der Waals surface area contributed by atoms with Crippen molar-refractivity contribution in [2.75, 3.05) is 19.0 Å². The molecule has 1 aromatic heterocycles. The van der Waals surface area contributed by atoms with Gasteiger partial charge >= 0.3 is 0 Å². The van der Waals surface area contributed by atoms with E-state index in [0.29, 0.717) is 5.15 Å². The molecular formula is C12H14ClN3. The maximum absolute atomic E-state index is 6.05. The zero-order valence-corrected chi connectivity index (χ0v) is 10.1. The van der Waals surface area contributed by atoms with Gasteiger partial charge in [0.05, 0.1) is 0 Å². The molecule has 0 amide bonds. The molecule has 84 valence electrons. The average molecular weight is 236 g/mol. The van der Waals surface area contributed by atoms with E-state index in [1.54, 1.807) is 0 Å². The van der Waals surface area contributed by atoms with Crippen LogP contribution < -0.4 is 4.90 Å². The molecule has 0 bridgehead atoms. The Morgan fingerprint density at radius 1 is 1.25 bits per heavy atom. The first kappa shape index (κ1) is 11.0. The standard InChI is InChI=1S/C12H14ClN3/c1-16(2)12-11(13)14-10(15-12)8-9-6-4-3-5-7-9/h3-7H,8H2,1-2H3,(H,14,15). The Kier molecular flexibility index (Phi) is 3.15. The zero-order chi connectivity index (χ0) is 11.5. The molecule has 0 spiro atoms. The van der Waals surface area contributed by atoms with Gasteiger partial charge in [-0.3, -0.25) is 0 Å². The first-order valence-electron chi connectivity index (χ1n) is 5.12. The Balaban J connectivity index is 2.20. The fraction of sp³-hybridized carbons (Fsp3) is 0.250. The van der Waals surface area contributed by atoms with E-state index in [1.165, 1.54) is 5.56 Å². The maximum Gasteiger partial charge on any atom is 0.165 e. The number of nitrogens with zero attached hydrogens (tertiary/aromatic N) is 2. The number of rotatable bonds is 3. The number of aromatic amines is 1. The van der Waals surface area contributed by atoms with E-state index in [4.69, 9.17) is 11.6 Å². The summed E-state index contributed by atoms with van der Waals surface area (Å²) in [6, 6.07) is 10.2. The third-order valence-corrected chi connectivity index (χ3v) is 2.59. The summed E-state index contributed by atoms with van der Waals surface area (Å²) in [6.45, 7) is 0. The predicted octanol–water partition coefficient (Wildman–Crippen LogP) is 2.72. The number of anilines is 1. The minimum atomic E-state index is 0.593. The Morgan fingerprint density at radius 3 is 2.50 bits per heavy atom. The minimum Gasteiger partial charge on any atom is -0.360 e. The Hall–Kier alpha value is -1.48. The third kappa shape index (κ3) is 2.36. The monoisotopic (exact) mass is 235 g/mol. The summed E-state index contributed by atoms with van der Waals surface area (Å²) >= 11 is 6.05. The third-order valence-electron chi connectivity index (χ3n) is 2.33. The molecule has 0 atom stereocenters. The van der Waals surface area contributed by atoms with Crippen LogP contribution in [-0.4, -0.2) is 24.1 Å². The fourth-order valence-electron chi connectivity index (χ4n) is 1.56. The van der Waals surface area contributed by atoms with Crippen LogP contribution in [0.5, 0.6) is 0 Å². The predicted molar refractivity (Wildman–Crippen MR) is 67.2 cm³/mol. The van der Waals surface area contributed by atoms with Crippen molar-refractivity contribution in [3.63, 3.8) is 0 Å². The topological polar surface area (TPSA) is 31.9 Å². The van der Waals surface area contributed by atoms with Gasteiger partial charge in [0.1, 0.15) is 5.82 Å². The number of imidazole rings is 1. The van der Waals surface area contributed by atoms with E-state index in [2.05, 4.69) is 22.1 Å². The van der Waals surface area contributed by atoms with Gasteiger partial charge in [0, 0.05) is 20.5 Å². The molecule has 0 saturated heterocycles. The van der Waals surface area contributed by atoms with Crippen molar-refractivity contribution in [1.82, 2.24) is 9.97 Å². The van der Waals surface area contributed by atoms with E-state index in [9.17, 15) is 0 Å². The van der Waals surface area contributed by atoms with E-state index < -0.39 is 0 Å². The van der Waals surface area contributed by atoms with Crippen LogP contribution in [0.25, 0.3) is 0 Å². The van der Waals surface area contributed by atoms with Crippen LogP contribution >= 0.6 is 11.6 Å². The fourth-order valence-corrected chi connectivity index (χ4v) is 1.88. The molecule has 1 N–H and O–H groups in total. The molecule has 1 heterocycles. The van der Waals surface area contributed by atoms with Crippen molar-refractivity contribution in [2.24, 2.45) is 0 Å². The number of nitrogens with one attached hydrogen (secondary N) is 1. The normalized spacial score (nSPS) is 10.4. The number of hydrogen-bond donors (Lipinski definition) is 1. The lowest BCUT2D eigenvalue weighted by molar-refractivity contribution is 1.01. The second-order valence-corrected chi connectivity index (χ2v) is 4.26. The molecule has 1 aromatic carbocycles. The number of benzene rings is 1. The number of hydrogen-bond acceptors (Lipinski definition) is 2. The molecule has 2 rings (SSSR count). The molecule has 16 heavy (non-hydrogen) atoms. The van der Waals surface area contributed by atoms with Gasteiger partial charge in [-0.05, 0) is 5.56 Å². The maximum atomic E-state index is 6.05. The molecular weight excluding hydrogens is 222 g/mol. The molecule has 0 aliphatic heterocycles. The van der Waals surface area contributed by atoms with E-state index >= 15 is 0 Å². The van der Waals surface area contributed by atoms with Gasteiger partial charge < -0.3 is 9.88 Å². The second-order valence-electron chi connectivity index (χ2n) is 3.88. The highest BCUT2D eigenvalue weighted by atomic mass is 35.5. The van der Waals surface area contributed by atoms with Crippen LogP contribution in [0.1, 0.15) is 11.4 Å². The van der Waals surface area contributed by atoms with Crippen molar-refractivity contribution < 1.29 is 0 Å². The molecule has 0 unspecified atom stereocenters. The van der Waals surface area contributed by atoms with Crippen molar-refractivity contribution in [3.8, 4) is 0 Å². The lowest BCUT2D eigenvalue weighted by Gasteiger charge is -2.07. The van der Waals surface area contributed by atoms with Gasteiger partial charge in [0.15, 0.2) is 11.0 Å². The zero-order valence-electron chi connectivity index (χ0n) is 9.37. The van der Waals surface area contributed by atoms with Crippen molar-refractivity contribution >= 4 is 17.4 Å². The first-order chi connectivity index (χ1) is 7.66. The lowest BCUT2D eigenvalue weighted by atomic mass is 10.1. The molecule has 0 radical (unpaired) electrons. The van der Waals surface area contributed by atoms with Crippen molar-refractivity contribution in [3.05, 3.63) is 46.9 Å². The van der Waals surface area contributed by atoms with E-state index in [1.807, 2.05) is 37.2 Å². The highest BCUT2D eigenvalue weighted by Gasteiger charge is 2.09. The average Bonchev–Trinajstić information content (AvgIpc) is 2.61.